The third kappa shape index (κ3) is 34.4. The first-order valence-corrected chi connectivity index (χ1v) is 13.1. The maximum Gasteiger partial charge on any atom is 1.00 e. The quantitative estimate of drug-likeness (QED) is 0.111. The largest absolute Gasteiger partial charge is 1.00 e. The van der Waals surface area contributed by atoms with Gasteiger partial charge in [-0.3, -0.25) is 0 Å². The molecule has 0 bridgehead atoms. The molecule has 0 spiro atoms. The Kier molecular flexibility index (Phi) is 35.6. The summed E-state index contributed by atoms with van der Waals surface area (Å²) in [5.74, 6) is -1.05. The van der Waals surface area contributed by atoms with Gasteiger partial charge in [-0.2, -0.15) is 0 Å². The van der Waals surface area contributed by atoms with Crippen molar-refractivity contribution >= 4 is 5.97 Å². The fraction of sp³-hybridized carbons (Fsp3) is 0.960. The second kappa shape index (κ2) is 33.2. The van der Waals surface area contributed by atoms with Crippen molar-refractivity contribution in [3.8, 4) is 0 Å². The molecule has 0 unspecified atom stereocenters. The van der Waals surface area contributed by atoms with Gasteiger partial charge in [-0.15, -0.1) is 0 Å². The van der Waals surface area contributed by atoms with Gasteiger partial charge >= 0.3 is 29.6 Å². The second-order valence-electron chi connectivity index (χ2n) is 8.12. The number of hydrogen-bond donors (Lipinski definition) is 1. The van der Waals surface area contributed by atoms with E-state index in [1.54, 1.807) is 0 Å². The van der Waals surface area contributed by atoms with Crippen LogP contribution in [0.25, 0.3) is 0 Å². The summed E-state index contributed by atoms with van der Waals surface area (Å²) in [5, 5.41) is 13.2. The molecule has 8 nitrogen and oxygen atoms in total. The van der Waals surface area contributed by atoms with Crippen molar-refractivity contribution in [2.45, 2.75) is 77.6 Å². The summed E-state index contributed by atoms with van der Waals surface area (Å²) in [6.45, 7) is 9.06. The Morgan fingerprint density at radius 2 is 0.941 bits per heavy atom. The monoisotopic (exact) mass is 499 g/mol. The van der Waals surface area contributed by atoms with Crippen molar-refractivity contribution in [3.05, 3.63) is 0 Å². The summed E-state index contributed by atoms with van der Waals surface area (Å²) in [7, 11) is 0. The van der Waals surface area contributed by atoms with Crippen LogP contribution in [0.1, 0.15) is 77.6 Å². The van der Waals surface area contributed by atoms with E-state index in [0.29, 0.717) is 72.6 Å². The summed E-state index contributed by atoms with van der Waals surface area (Å²) in [6, 6.07) is 0. The molecule has 9 heteroatoms. The third-order valence-corrected chi connectivity index (χ3v) is 5.06. The van der Waals surface area contributed by atoms with Crippen molar-refractivity contribution in [1.82, 2.24) is 5.32 Å². The van der Waals surface area contributed by atoms with Gasteiger partial charge in [0.1, 0.15) is 0 Å². The molecule has 1 N–H and O–H groups in total. The number of unbranched alkanes of at least 4 members (excludes halogenated alkanes) is 9. The van der Waals surface area contributed by atoms with E-state index < -0.39 is 5.97 Å². The minimum Gasteiger partial charge on any atom is -0.550 e. The van der Waals surface area contributed by atoms with Gasteiger partial charge in [0.2, 0.25) is 0 Å². The topological polar surface area (TPSA) is 98.3 Å². The van der Waals surface area contributed by atoms with Gasteiger partial charge < -0.3 is 38.9 Å². The Balaban J connectivity index is 0. The fourth-order valence-corrected chi connectivity index (χ4v) is 3.13. The molecule has 0 aliphatic rings. The van der Waals surface area contributed by atoms with Crippen molar-refractivity contribution < 1.29 is 63.1 Å². The standard InChI is InChI=1S/C25H51NO7.Na/c1-2-3-4-5-6-7-8-9-10-11-15-29-17-19-31-21-23-33-24-22-32-20-18-30-16-14-26-13-12-25(27)28;/h26H,2-24H2,1H3,(H,27,28);/q;+1/p-1. The number of hydrogen-bond acceptors (Lipinski definition) is 8. The first kappa shape index (κ1) is 36.4. The van der Waals surface area contributed by atoms with Crippen molar-refractivity contribution in [2.24, 2.45) is 0 Å². The molecule has 0 fully saturated rings. The van der Waals surface area contributed by atoms with Crippen LogP contribution in [0.5, 0.6) is 0 Å². The van der Waals surface area contributed by atoms with Crippen molar-refractivity contribution in [2.75, 3.05) is 79.2 Å². The van der Waals surface area contributed by atoms with Crippen LogP contribution in [0.3, 0.4) is 0 Å². The van der Waals surface area contributed by atoms with E-state index in [4.69, 9.17) is 23.7 Å². The first-order valence-electron chi connectivity index (χ1n) is 13.1. The molecule has 0 rings (SSSR count). The van der Waals surface area contributed by atoms with Gasteiger partial charge in [0.15, 0.2) is 0 Å². The molecule has 0 aromatic heterocycles. The zero-order valence-electron chi connectivity index (χ0n) is 22.1. The second-order valence-corrected chi connectivity index (χ2v) is 8.12. The Morgan fingerprint density at radius 3 is 1.38 bits per heavy atom. The summed E-state index contributed by atoms with van der Waals surface area (Å²) in [5.41, 5.74) is 0. The molecular weight excluding hydrogens is 449 g/mol. The maximum absolute atomic E-state index is 10.2. The summed E-state index contributed by atoms with van der Waals surface area (Å²) in [4.78, 5) is 10.2. The molecule has 0 radical (unpaired) electrons. The predicted octanol–water partition coefficient (Wildman–Crippen LogP) is -0.276. The Morgan fingerprint density at radius 1 is 0.559 bits per heavy atom. The number of aliphatic carboxylic acids is 1. The Hall–Kier alpha value is 0.230. The Labute approximate surface area is 230 Å². The molecular formula is C25H50NNaO7. The molecule has 0 saturated carbocycles. The van der Waals surface area contributed by atoms with Crippen LogP contribution in [-0.4, -0.2) is 85.1 Å². The third-order valence-electron chi connectivity index (χ3n) is 5.06. The van der Waals surface area contributed by atoms with Gasteiger partial charge in [-0.1, -0.05) is 64.7 Å². The molecule has 0 aliphatic heterocycles. The van der Waals surface area contributed by atoms with Gasteiger partial charge in [0.25, 0.3) is 0 Å². The zero-order valence-corrected chi connectivity index (χ0v) is 24.1. The normalized spacial score (nSPS) is 11.0. The van der Waals surface area contributed by atoms with Crippen LogP contribution >= 0.6 is 0 Å². The Bertz CT molecular complexity index is 392. The fourth-order valence-electron chi connectivity index (χ4n) is 3.13. The van der Waals surface area contributed by atoms with Crippen LogP contribution in [0, 0.1) is 0 Å². The molecule has 34 heavy (non-hydrogen) atoms. The molecule has 0 amide bonds. The SMILES string of the molecule is CCCCCCCCCCCCOCCOCCOCCOCCOCCNCCC(=O)[O-].[Na+]. The van der Waals surface area contributed by atoms with Crippen LogP contribution in [0.2, 0.25) is 0 Å². The number of carboxylic acid groups (broad SMARTS) is 1. The van der Waals surface area contributed by atoms with Gasteiger partial charge in [-0.25, -0.2) is 0 Å². The molecule has 0 aromatic rings. The average Bonchev–Trinajstić information content (AvgIpc) is 2.80. The van der Waals surface area contributed by atoms with Crippen molar-refractivity contribution in [3.63, 3.8) is 0 Å². The minimum atomic E-state index is -1.05. The predicted molar refractivity (Wildman–Crippen MR) is 128 cm³/mol. The van der Waals surface area contributed by atoms with Crippen LogP contribution in [0.4, 0.5) is 0 Å². The van der Waals surface area contributed by atoms with E-state index in [9.17, 15) is 9.90 Å². The minimum absolute atomic E-state index is 0. The van der Waals surface area contributed by atoms with E-state index >= 15 is 0 Å². The van der Waals surface area contributed by atoms with Crippen LogP contribution < -0.4 is 40.0 Å². The zero-order chi connectivity index (χ0) is 24.1. The molecule has 0 saturated heterocycles. The first-order chi connectivity index (χ1) is 16.3. The van der Waals surface area contributed by atoms with Gasteiger partial charge in [0, 0.05) is 25.7 Å². The maximum atomic E-state index is 10.2. The number of ether oxygens (including phenoxy) is 5. The number of carboxylic acids is 1. The average molecular weight is 500 g/mol. The summed E-state index contributed by atoms with van der Waals surface area (Å²) in [6.07, 6.45) is 13.4. The number of nitrogens with one attached hydrogen (secondary N) is 1. The van der Waals surface area contributed by atoms with E-state index in [0.717, 1.165) is 13.0 Å². The van der Waals surface area contributed by atoms with Crippen molar-refractivity contribution in [1.29, 1.82) is 0 Å². The summed E-state index contributed by atoms with van der Waals surface area (Å²) < 4.78 is 27.3. The molecule has 0 aromatic carbocycles. The van der Waals surface area contributed by atoms with Crippen LogP contribution in [0.15, 0.2) is 0 Å². The van der Waals surface area contributed by atoms with Gasteiger partial charge in [-0.05, 0) is 12.8 Å². The molecule has 198 valence electrons. The molecule has 0 aliphatic carbocycles. The molecule has 0 heterocycles. The van der Waals surface area contributed by atoms with E-state index in [1.165, 1.54) is 57.8 Å². The van der Waals surface area contributed by atoms with Crippen LogP contribution in [-0.2, 0) is 28.5 Å². The van der Waals surface area contributed by atoms with E-state index in [2.05, 4.69) is 12.2 Å². The number of carbonyl (C=O) groups excluding carboxylic acids is 1. The van der Waals surface area contributed by atoms with E-state index in [-0.39, 0.29) is 36.0 Å². The molecule has 0 atom stereocenters. The van der Waals surface area contributed by atoms with Gasteiger partial charge in [0.05, 0.1) is 59.5 Å². The number of carbonyl (C=O) groups is 1. The number of rotatable bonds is 29. The van der Waals surface area contributed by atoms with E-state index in [1.807, 2.05) is 0 Å². The summed E-state index contributed by atoms with van der Waals surface area (Å²) >= 11 is 0. The smallest absolute Gasteiger partial charge is 0.550 e.